The first-order chi connectivity index (χ1) is 9.74. The highest BCUT2D eigenvalue weighted by Crippen LogP contribution is 2.11. The molecule has 0 aromatic rings. The second-order valence-corrected chi connectivity index (χ2v) is 7.35. The smallest absolute Gasteiger partial charge is 0.221 e. The fraction of sp³-hybridized carbons (Fsp3) is 0.933. The van der Waals surface area contributed by atoms with Crippen LogP contribution in [0.15, 0.2) is 0 Å². The molecule has 2 atom stereocenters. The number of piperidine rings is 1. The quantitative estimate of drug-likeness (QED) is 0.750. The van der Waals surface area contributed by atoms with Crippen LogP contribution in [0.25, 0.3) is 0 Å². The number of nitrogens with zero attached hydrogens (tertiary/aromatic N) is 1. The van der Waals surface area contributed by atoms with Gasteiger partial charge in [-0.25, -0.2) is 0 Å². The van der Waals surface area contributed by atoms with Gasteiger partial charge in [0.1, 0.15) is 0 Å². The van der Waals surface area contributed by atoms with Crippen molar-refractivity contribution >= 4 is 42.5 Å². The molecule has 0 bridgehead atoms. The first-order valence-corrected chi connectivity index (χ1v) is 9.19. The van der Waals surface area contributed by atoms with Gasteiger partial charge in [-0.2, -0.15) is 11.8 Å². The van der Waals surface area contributed by atoms with Crippen molar-refractivity contribution in [3.05, 3.63) is 0 Å². The Morgan fingerprint density at radius 3 is 2.68 bits per heavy atom. The predicted octanol–water partition coefficient (Wildman–Crippen LogP) is 2.16. The Labute approximate surface area is 151 Å². The Bertz CT molecular complexity index is 299. The lowest BCUT2D eigenvalue weighted by atomic mass is 10.1. The van der Waals surface area contributed by atoms with Crippen molar-refractivity contribution in [1.82, 2.24) is 15.5 Å². The third kappa shape index (κ3) is 8.82. The van der Waals surface area contributed by atoms with Gasteiger partial charge in [-0.3, -0.25) is 4.79 Å². The highest BCUT2D eigenvalue weighted by molar-refractivity contribution is 7.99. The van der Waals surface area contributed by atoms with Crippen molar-refractivity contribution in [3.63, 3.8) is 0 Å². The van der Waals surface area contributed by atoms with Crippen molar-refractivity contribution in [2.24, 2.45) is 5.92 Å². The normalized spacial score (nSPS) is 23.8. The van der Waals surface area contributed by atoms with E-state index < -0.39 is 0 Å². The molecule has 2 N–H and O–H groups in total. The summed E-state index contributed by atoms with van der Waals surface area (Å²) in [5.74, 6) is 2.99. The van der Waals surface area contributed by atoms with Gasteiger partial charge in [0.2, 0.25) is 5.91 Å². The van der Waals surface area contributed by atoms with Crippen LogP contribution in [0, 0.1) is 5.92 Å². The van der Waals surface area contributed by atoms with Crippen molar-refractivity contribution in [3.8, 4) is 0 Å². The second-order valence-electron chi connectivity index (χ2n) is 6.20. The van der Waals surface area contributed by atoms with Crippen LogP contribution in [-0.2, 0) is 4.79 Å². The van der Waals surface area contributed by atoms with E-state index in [0.717, 1.165) is 25.4 Å². The molecule has 0 aliphatic carbocycles. The van der Waals surface area contributed by atoms with E-state index in [0.29, 0.717) is 18.4 Å². The summed E-state index contributed by atoms with van der Waals surface area (Å²) in [6, 6.07) is 0.367. The lowest BCUT2D eigenvalue weighted by Crippen LogP contribution is -2.43. The molecular formula is C15H31Cl2N3OS. The number of amides is 1. The number of thioether (sulfide) groups is 1. The summed E-state index contributed by atoms with van der Waals surface area (Å²) >= 11 is 1.94. The molecule has 0 saturated carbocycles. The Kier molecular flexibility index (Phi) is 12.9. The van der Waals surface area contributed by atoms with Gasteiger partial charge in [-0.1, -0.05) is 13.3 Å². The number of hydrogen-bond donors (Lipinski definition) is 2. The standard InChI is InChI=1S/C15H29N3OS.2ClH/c1-13(11-18-6-3-2-4-7-18)10-17-15(19)9-14-12-20-8-5-16-14;;/h13-14,16H,2-12H2,1H3,(H,17,19);2*1H. The van der Waals surface area contributed by atoms with Crippen LogP contribution in [0.4, 0.5) is 0 Å². The number of rotatable bonds is 6. The van der Waals surface area contributed by atoms with Crippen molar-refractivity contribution in [2.45, 2.75) is 38.6 Å². The SMILES string of the molecule is CC(CNC(=O)CC1CSCCN1)CN1CCCCC1.Cl.Cl. The largest absolute Gasteiger partial charge is 0.356 e. The molecule has 0 radical (unpaired) electrons. The predicted molar refractivity (Wildman–Crippen MR) is 101 cm³/mol. The summed E-state index contributed by atoms with van der Waals surface area (Å²) in [6.45, 7) is 7.69. The first kappa shape index (κ1) is 22.3. The van der Waals surface area contributed by atoms with Crippen LogP contribution in [0.5, 0.6) is 0 Å². The van der Waals surface area contributed by atoms with Gasteiger partial charge >= 0.3 is 0 Å². The third-order valence-electron chi connectivity index (χ3n) is 4.10. The monoisotopic (exact) mass is 371 g/mol. The molecule has 0 aromatic carbocycles. The summed E-state index contributed by atoms with van der Waals surface area (Å²) in [4.78, 5) is 14.5. The molecule has 2 heterocycles. The van der Waals surface area contributed by atoms with Crippen molar-refractivity contribution < 1.29 is 4.79 Å². The zero-order chi connectivity index (χ0) is 14.2. The van der Waals surface area contributed by atoms with Crippen LogP contribution < -0.4 is 10.6 Å². The van der Waals surface area contributed by atoms with E-state index in [-0.39, 0.29) is 30.7 Å². The lowest BCUT2D eigenvalue weighted by Gasteiger charge is -2.29. The molecular weight excluding hydrogens is 341 g/mol. The van der Waals surface area contributed by atoms with Crippen LogP contribution in [0.3, 0.4) is 0 Å². The van der Waals surface area contributed by atoms with E-state index in [1.165, 1.54) is 38.1 Å². The van der Waals surface area contributed by atoms with Crippen molar-refractivity contribution in [1.29, 1.82) is 0 Å². The Morgan fingerprint density at radius 1 is 1.32 bits per heavy atom. The molecule has 22 heavy (non-hydrogen) atoms. The summed E-state index contributed by atoms with van der Waals surface area (Å²) in [5.41, 5.74) is 0. The molecule has 0 spiro atoms. The molecule has 2 rings (SSSR count). The zero-order valence-electron chi connectivity index (χ0n) is 13.5. The van der Waals surface area contributed by atoms with Gasteiger partial charge in [0.25, 0.3) is 0 Å². The second kappa shape index (κ2) is 12.7. The maximum absolute atomic E-state index is 11.9. The summed E-state index contributed by atoms with van der Waals surface area (Å²) in [6.07, 6.45) is 4.69. The van der Waals surface area contributed by atoms with Crippen LogP contribution >= 0.6 is 36.6 Å². The fourth-order valence-electron chi connectivity index (χ4n) is 2.98. The molecule has 132 valence electrons. The number of carbonyl (C=O) groups excluding carboxylic acids is 1. The van der Waals surface area contributed by atoms with E-state index in [1.54, 1.807) is 0 Å². The third-order valence-corrected chi connectivity index (χ3v) is 5.23. The summed E-state index contributed by atoms with van der Waals surface area (Å²) < 4.78 is 0. The maximum Gasteiger partial charge on any atom is 0.221 e. The highest BCUT2D eigenvalue weighted by Gasteiger charge is 2.18. The number of carbonyl (C=O) groups is 1. The highest BCUT2D eigenvalue weighted by atomic mass is 35.5. The van der Waals surface area contributed by atoms with E-state index in [2.05, 4.69) is 22.5 Å². The van der Waals surface area contributed by atoms with E-state index in [1.807, 2.05) is 11.8 Å². The van der Waals surface area contributed by atoms with Gasteiger partial charge in [0, 0.05) is 43.6 Å². The summed E-state index contributed by atoms with van der Waals surface area (Å²) in [7, 11) is 0. The Balaban J connectivity index is 0.00000220. The number of nitrogens with one attached hydrogen (secondary N) is 2. The number of hydrogen-bond acceptors (Lipinski definition) is 4. The zero-order valence-corrected chi connectivity index (χ0v) is 16.0. The minimum Gasteiger partial charge on any atom is -0.356 e. The van der Waals surface area contributed by atoms with Crippen molar-refractivity contribution in [2.75, 3.05) is 44.2 Å². The van der Waals surface area contributed by atoms with E-state index in [9.17, 15) is 4.79 Å². The van der Waals surface area contributed by atoms with E-state index in [4.69, 9.17) is 0 Å². The molecule has 2 unspecified atom stereocenters. The van der Waals surface area contributed by atoms with Gasteiger partial charge in [-0.05, 0) is 31.8 Å². The Morgan fingerprint density at radius 2 is 2.05 bits per heavy atom. The summed E-state index contributed by atoms with van der Waals surface area (Å²) in [5, 5.41) is 6.52. The van der Waals surface area contributed by atoms with Gasteiger partial charge in [-0.15, -0.1) is 24.8 Å². The molecule has 0 aromatic heterocycles. The topological polar surface area (TPSA) is 44.4 Å². The van der Waals surface area contributed by atoms with Gasteiger partial charge in [0.15, 0.2) is 0 Å². The molecule has 2 fully saturated rings. The first-order valence-electron chi connectivity index (χ1n) is 8.04. The lowest BCUT2D eigenvalue weighted by molar-refractivity contribution is -0.121. The maximum atomic E-state index is 11.9. The van der Waals surface area contributed by atoms with Crippen LogP contribution in [0.2, 0.25) is 0 Å². The Hall–Kier alpha value is 0.320. The molecule has 4 nitrogen and oxygen atoms in total. The number of likely N-dealkylation sites (tertiary alicyclic amines) is 1. The van der Waals surface area contributed by atoms with Gasteiger partial charge in [0.05, 0.1) is 0 Å². The molecule has 2 aliphatic heterocycles. The minimum atomic E-state index is 0. The van der Waals surface area contributed by atoms with Crippen LogP contribution in [-0.4, -0.2) is 61.1 Å². The molecule has 2 aliphatic rings. The van der Waals surface area contributed by atoms with Gasteiger partial charge < -0.3 is 15.5 Å². The minimum absolute atomic E-state index is 0. The fourth-order valence-corrected chi connectivity index (χ4v) is 3.93. The molecule has 1 amide bonds. The van der Waals surface area contributed by atoms with E-state index >= 15 is 0 Å². The van der Waals surface area contributed by atoms with Crippen LogP contribution in [0.1, 0.15) is 32.6 Å². The average molecular weight is 372 g/mol. The molecule has 7 heteroatoms. The average Bonchev–Trinajstić information content (AvgIpc) is 2.47. The number of halogens is 2. The molecule has 2 saturated heterocycles.